The van der Waals surface area contributed by atoms with E-state index in [4.69, 9.17) is 4.74 Å². The van der Waals surface area contributed by atoms with Gasteiger partial charge in [-0.25, -0.2) is 8.78 Å². The molecule has 0 radical (unpaired) electrons. The van der Waals surface area contributed by atoms with Gasteiger partial charge in [0.25, 0.3) is 11.5 Å². The first-order valence-electron chi connectivity index (χ1n) is 8.91. The third-order valence-electron chi connectivity index (χ3n) is 4.52. The second-order valence-corrected chi connectivity index (χ2v) is 6.36. The van der Waals surface area contributed by atoms with Gasteiger partial charge in [0.2, 0.25) is 0 Å². The number of aromatic nitrogens is 2. The Labute approximate surface area is 169 Å². The molecule has 0 spiro atoms. The van der Waals surface area contributed by atoms with E-state index in [1.165, 1.54) is 13.2 Å². The number of anilines is 1. The van der Waals surface area contributed by atoms with E-state index in [1.807, 2.05) is 0 Å². The molecule has 0 aliphatic heterocycles. The molecule has 8 heteroatoms. The fraction of sp³-hybridized carbons (Fsp3) is 0.0455. The number of amides is 1. The number of para-hydroxylation sites is 1. The predicted molar refractivity (Wildman–Crippen MR) is 108 cm³/mol. The molecule has 1 N–H and O–H groups in total. The second kappa shape index (κ2) is 7.75. The summed E-state index contributed by atoms with van der Waals surface area (Å²) in [4.78, 5) is 25.9. The van der Waals surface area contributed by atoms with Crippen LogP contribution in [0.25, 0.3) is 16.5 Å². The summed E-state index contributed by atoms with van der Waals surface area (Å²) in [5.41, 5.74) is -0.827. The molecule has 0 saturated heterocycles. The first kappa shape index (κ1) is 19.3. The molecule has 0 saturated carbocycles. The van der Waals surface area contributed by atoms with E-state index in [0.717, 1.165) is 16.8 Å². The number of nitrogens with one attached hydrogen (secondary N) is 1. The van der Waals surface area contributed by atoms with Crippen molar-refractivity contribution >= 4 is 22.4 Å². The number of carbonyl (C=O) groups excluding carboxylic acids is 1. The van der Waals surface area contributed by atoms with Gasteiger partial charge in [-0.1, -0.05) is 30.3 Å². The number of hydrogen-bond acceptors (Lipinski definition) is 4. The highest BCUT2D eigenvalue weighted by Gasteiger charge is 2.20. The average molecular weight is 407 g/mol. The van der Waals surface area contributed by atoms with Gasteiger partial charge in [-0.05, 0) is 30.3 Å². The van der Waals surface area contributed by atoms with E-state index in [2.05, 4.69) is 10.4 Å². The van der Waals surface area contributed by atoms with E-state index < -0.39 is 28.8 Å². The van der Waals surface area contributed by atoms with Crippen LogP contribution < -0.4 is 15.6 Å². The molecular formula is C22H15F2N3O3. The van der Waals surface area contributed by atoms with Crippen molar-refractivity contribution in [3.63, 3.8) is 0 Å². The summed E-state index contributed by atoms with van der Waals surface area (Å²) in [6, 6.07) is 16.2. The molecule has 30 heavy (non-hydrogen) atoms. The summed E-state index contributed by atoms with van der Waals surface area (Å²) in [7, 11) is 1.48. The molecule has 1 aromatic heterocycles. The molecular weight excluding hydrogens is 392 g/mol. The zero-order valence-electron chi connectivity index (χ0n) is 15.7. The van der Waals surface area contributed by atoms with Crippen LogP contribution in [-0.4, -0.2) is 22.8 Å². The van der Waals surface area contributed by atoms with Crippen LogP contribution >= 0.6 is 0 Å². The van der Waals surface area contributed by atoms with E-state index in [9.17, 15) is 18.4 Å². The first-order chi connectivity index (χ1) is 14.5. The lowest BCUT2D eigenvalue weighted by Gasteiger charge is -2.12. The fourth-order valence-electron chi connectivity index (χ4n) is 3.06. The molecule has 1 heterocycles. The normalized spacial score (nSPS) is 10.8. The van der Waals surface area contributed by atoms with Crippen LogP contribution in [0.3, 0.4) is 0 Å². The Morgan fingerprint density at radius 2 is 1.63 bits per heavy atom. The minimum Gasteiger partial charge on any atom is -0.497 e. The van der Waals surface area contributed by atoms with Gasteiger partial charge in [-0.15, -0.1) is 0 Å². The monoisotopic (exact) mass is 407 g/mol. The number of ether oxygens (including phenoxy) is 1. The molecule has 4 rings (SSSR count). The zero-order chi connectivity index (χ0) is 21.3. The Morgan fingerprint density at radius 3 is 2.33 bits per heavy atom. The Balaban J connectivity index is 1.90. The molecule has 0 aliphatic rings. The molecule has 3 aromatic carbocycles. The number of halogens is 2. The first-order valence-corrected chi connectivity index (χ1v) is 8.91. The lowest BCUT2D eigenvalue weighted by Crippen LogP contribution is -2.26. The van der Waals surface area contributed by atoms with Crippen molar-refractivity contribution < 1.29 is 18.3 Å². The number of carbonyl (C=O) groups is 1. The number of benzene rings is 3. The third-order valence-corrected chi connectivity index (χ3v) is 4.52. The van der Waals surface area contributed by atoms with Crippen molar-refractivity contribution in [3.8, 4) is 11.4 Å². The summed E-state index contributed by atoms with van der Waals surface area (Å²) in [6.45, 7) is 0. The zero-order valence-corrected chi connectivity index (χ0v) is 15.7. The van der Waals surface area contributed by atoms with E-state index in [0.29, 0.717) is 11.4 Å². The molecule has 150 valence electrons. The van der Waals surface area contributed by atoms with Crippen molar-refractivity contribution in [1.82, 2.24) is 9.78 Å². The van der Waals surface area contributed by atoms with Crippen molar-refractivity contribution in [2.75, 3.05) is 12.4 Å². The third kappa shape index (κ3) is 3.39. The Bertz CT molecular complexity index is 1310. The fourth-order valence-corrected chi connectivity index (χ4v) is 3.06. The maximum atomic E-state index is 14.0. The van der Waals surface area contributed by atoms with Gasteiger partial charge in [0.05, 0.1) is 18.2 Å². The largest absolute Gasteiger partial charge is 0.497 e. The highest BCUT2D eigenvalue weighted by Crippen LogP contribution is 2.22. The minimum absolute atomic E-state index is 0.157. The second-order valence-electron chi connectivity index (χ2n) is 6.36. The number of methoxy groups -OCH3 is 1. The summed E-state index contributed by atoms with van der Waals surface area (Å²) < 4.78 is 34.2. The lowest BCUT2D eigenvalue weighted by molar-refractivity contribution is 0.102. The van der Waals surface area contributed by atoms with Gasteiger partial charge in [0.15, 0.2) is 5.69 Å². The maximum Gasteiger partial charge on any atom is 0.279 e. The Kier molecular flexibility index (Phi) is 4.97. The molecule has 4 aromatic rings. The van der Waals surface area contributed by atoms with Gasteiger partial charge < -0.3 is 10.1 Å². The number of rotatable bonds is 4. The summed E-state index contributed by atoms with van der Waals surface area (Å²) in [5, 5.41) is 6.90. The predicted octanol–water partition coefficient (Wildman–Crippen LogP) is 3.92. The molecule has 1 amide bonds. The van der Waals surface area contributed by atoms with Gasteiger partial charge >= 0.3 is 0 Å². The van der Waals surface area contributed by atoms with Gasteiger partial charge in [-0.3, -0.25) is 9.59 Å². The minimum atomic E-state index is -0.922. The topological polar surface area (TPSA) is 73.2 Å². The summed E-state index contributed by atoms with van der Waals surface area (Å²) in [6.07, 6.45) is 0. The molecule has 0 aliphatic carbocycles. The summed E-state index contributed by atoms with van der Waals surface area (Å²) >= 11 is 0. The van der Waals surface area contributed by atoms with E-state index in [1.54, 1.807) is 48.5 Å². The SMILES string of the molecule is COc1cccc(-n2nc(C(=O)Nc3c(F)cccc3F)c3ccccc3c2=O)c1. The number of hydrogen-bond donors (Lipinski definition) is 1. The Hall–Kier alpha value is -4.07. The van der Waals surface area contributed by atoms with Crippen LogP contribution in [0, 0.1) is 11.6 Å². The maximum absolute atomic E-state index is 14.0. The molecule has 6 nitrogen and oxygen atoms in total. The van der Waals surface area contributed by atoms with E-state index >= 15 is 0 Å². The summed E-state index contributed by atoms with van der Waals surface area (Å²) in [5.74, 6) is -2.21. The van der Waals surface area contributed by atoms with Crippen molar-refractivity contribution in [2.45, 2.75) is 0 Å². The quantitative estimate of drug-likeness (QED) is 0.557. The van der Waals surface area contributed by atoms with Crippen LogP contribution in [-0.2, 0) is 0 Å². The van der Waals surface area contributed by atoms with Crippen LogP contribution in [0.4, 0.5) is 14.5 Å². The van der Waals surface area contributed by atoms with Crippen molar-refractivity contribution in [2.24, 2.45) is 0 Å². The van der Waals surface area contributed by atoms with Gasteiger partial charge in [0.1, 0.15) is 23.1 Å². The smallest absolute Gasteiger partial charge is 0.279 e. The van der Waals surface area contributed by atoms with Crippen LogP contribution in [0.5, 0.6) is 5.75 Å². The Morgan fingerprint density at radius 1 is 0.967 bits per heavy atom. The van der Waals surface area contributed by atoms with Gasteiger partial charge in [0, 0.05) is 11.5 Å². The van der Waals surface area contributed by atoms with Crippen LogP contribution in [0.1, 0.15) is 10.5 Å². The van der Waals surface area contributed by atoms with E-state index in [-0.39, 0.29) is 16.5 Å². The van der Waals surface area contributed by atoms with Crippen molar-refractivity contribution in [3.05, 3.63) is 94.4 Å². The standard InChI is InChI=1S/C22H15F2N3O3/c1-30-14-7-4-6-13(12-14)27-22(29)16-9-3-2-8-15(16)19(26-27)21(28)25-20-17(23)10-5-11-18(20)24/h2-12H,1H3,(H,25,28). The van der Waals surface area contributed by atoms with Crippen molar-refractivity contribution in [1.29, 1.82) is 0 Å². The highest BCUT2D eigenvalue weighted by atomic mass is 19.1. The number of fused-ring (bicyclic) bond motifs is 1. The van der Waals surface area contributed by atoms with Gasteiger partial charge in [-0.2, -0.15) is 9.78 Å². The molecule has 0 atom stereocenters. The van der Waals surface area contributed by atoms with Crippen LogP contribution in [0.15, 0.2) is 71.5 Å². The van der Waals surface area contributed by atoms with Crippen LogP contribution in [0.2, 0.25) is 0 Å². The average Bonchev–Trinajstić information content (AvgIpc) is 2.76. The molecule has 0 unspecified atom stereocenters. The molecule has 0 bridgehead atoms. The number of nitrogens with zero attached hydrogens (tertiary/aromatic N) is 2. The molecule has 0 fully saturated rings. The highest BCUT2D eigenvalue weighted by molar-refractivity contribution is 6.11. The lowest BCUT2D eigenvalue weighted by atomic mass is 10.1.